The zero-order valence-corrected chi connectivity index (χ0v) is 11.6. The number of nitrogens with one attached hydrogen (secondary N) is 1. The summed E-state index contributed by atoms with van der Waals surface area (Å²) in [6.07, 6.45) is 2.55. The summed E-state index contributed by atoms with van der Waals surface area (Å²) in [6.45, 7) is 7.04. The van der Waals surface area contributed by atoms with E-state index in [9.17, 15) is 14.7 Å². The highest BCUT2D eigenvalue weighted by atomic mass is 16.6. The van der Waals surface area contributed by atoms with Crippen molar-refractivity contribution in [2.75, 3.05) is 0 Å². The largest absolute Gasteiger partial charge is 0.481 e. The van der Waals surface area contributed by atoms with E-state index in [2.05, 4.69) is 5.32 Å². The van der Waals surface area contributed by atoms with Crippen molar-refractivity contribution >= 4 is 12.1 Å². The number of carbonyl (C=O) groups is 2. The van der Waals surface area contributed by atoms with Crippen LogP contribution in [0, 0.1) is 5.41 Å². The first kappa shape index (κ1) is 14.8. The van der Waals surface area contributed by atoms with E-state index in [4.69, 9.17) is 4.74 Å². The van der Waals surface area contributed by atoms with Gasteiger partial charge in [0.1, 0.15) is 5.60 Å². The van der Waals surface area contributed by atoms with Gasteiger partial charge < -0.3 is 15.2 Å². The molecule has 104 valence electrons. The highest BCUT2D eigenvalue weighted by Crippen LogP contribution is 2.36. The summed E-state index contributed by atoms with van der Waals surface area (Å²) >= 11 is 0. The number of carboxylic acid groups (broad SMARTS) is 1. The lowest BCUT2D eigenvalue weighted by atomic mass is 9.72. The quantitative estimate of drug-likeness (QED) is 0.797. The van der Waals surface area contributed by atoms with Gasteiger partial charge in [-0.15, -0.1) is 0 Å². The van der Waals surface area contributed by atoms with Gasteiger partial charge in [-0.2, -0.15) is 0 Å². The standard InChI is InChI=1S/C13H23NO4/c1-12(2,3)18-11(17)14-9-7-5-6-8-13(9,4)10(15)16/h9H,5-8H2,1-4H3,(H,14,17)(H,15,16)/t9-,13+/m0/s1. The lowest BCUT2D eigenvalue weighted by Gasteiger charge is -2.38. The molecule has 1 fully saturated rings. The minimum atomic E-state index is -0.894. The second-order valence-electron chi connectivity index (χ2n) is 6.17. The van der Waals surface area contributed by atoms with Gasteiger partial charge in [0.05, 0.1) is 5.41 Å². The van der Waals surface area contributed by atoms with Crippen LogP contribution in [-0.2, 0) is 9.53 Å². The third-order valence-corrected chi connectivity index (χ3v) is 3.39. The van der Waals surface area contributed by atoms with Crippen molar-refractivity contribution in [2.45, 2.75) is 65.0 Å². The van der Waals surface area contributed by atoms with Gasteiger partial charge in [0, 0.05) is 6.04 Å². The number of aliphatic carboxylic acids is 1. The molecular weight excluding hydrogens is 234 g/mol. The maximum Gasteiger partial charge on any atom is 0.407 e. The molecule has 1 saturated carbocycles. The van der Waals surface area contributed by atoms with E-state index >= 15 is 0 Å². The summed E-state index contributed by atoms with van der Waals surface area (Å²) in [6, 6.07) is -0.362. The molecule has 1 aliphatic rings. The SMILES string of the molecule is CC(C)(C)OC(=O)N[C@H]1CCCC[C@@]1(C)C(=O)O. The Labute approximate surface area is 108 Å². The highest BCUT2D eigenvalue weighted by molar-refractivity contribution is 5.77. The summed E-state index contributed by atoms with van der Waals surface area (Å²) in [5.74, 6) is -0.858. The molecule has 2 N–H and O–H groups in total. The molecule has 0 spiro atoms. The number of hydrogen-bond donors (Lipinski definition) is 2. The van der Waals surface area contributed by atoms with Crippen molar-refractivity contribution in [3.05, 3.63) is 0 Å². The molecule has 1 amide bonds. The van der Waals surface area contributed by atoms with Crippen LogP contribution in [0.4, 0.5) is 4.79 Å². The summed E-state index contributed by atoms with van der Waals surface area (Å²) in [7, 11) is 0. The third-order valence-electron chi connectivity index (χ3n) is 3.39. The first-order valence-corrected chi connectivity index (χ1v) is 6.38. The summed E-state index contributed by atoms with van der Waals surface area (Å²) in [5, 5.41) is 12.0. The average molecular weight is 257 g/mol. The van der Waals surface area contributed by atoms with Crippen molar-refractivity contribution < 1.29 is 19.4 Å². The van der Waals surface area contributed by atoms with E-state index < -0.39 is 23.1 Å². The van der Waals surface area contributed by atoms with Crippen LogP contribution in [0.15, 0.2) is 0 Å². The fourth-order valence-corrected chi connectivity index (χ4v) is 2.27. The second kappa shape index (κ2) is 5.16. The Bertz CT molecular complexity index is 334. The van der Waals surface area contributed by atoms with E-state index in [1.165, 1.54) is 0 Å². The first-order chi connectivity index (χ1) is 8.15. The maximum absolute atomic E-state index is 11.7. The van der Waals surface area contributed by atoms with Crippen molar-refractivity contribution in [1.29, 1.82) is 0 Å². The Balaban J connectivity index is 2.69. The lowest BCUT2D eigenvalue weighted by Crippen LogP contribution is -2.53. The molecule has 0 aliphatic heterocycles. The molecular formula is C13H23NO4. The van der Waals surface area contributed by atoms with Gasteiger partial charge in [-0.3, -0.25) is 4.79 Å². The first-order valence-electron chi connectivity index (χ1n) is 6.38. The summed E-state index contributed by atoms with van der Waals surface area (Å²) < 4.78 is 5.17. The highest BCUT2D eigenvalue weighted by Gasteiger charge is 2.44. The number of hydrogen-bond acceptors (Lipinski definition) is 3. The molecule has 1 aliphatic carbocycles. The number of rotatable bonds is 2. The van der Waals surface area contributed by atoms with Crippen LogP contribution in [0.5, 0.6) is 0 Å². The van der Waals surface area contributed by atoms with Crippen molar-refractivity contribution in [3.63, 3.8) is 0 Å². The monoisotopic (exact) mass is 257 g/mol. The van der Waals surface area contributed by atoms with E-state index in [0.717, 1.165) is 12.8 Å². The molecule has 0 aromatic heterocycles. The summed E-state index contributed by atoms with van der Waals surface area (Å²) in [5.41, 5.74) is -1.46. The van der Waals surface area contributed by atoms with Gasteiger partial charge in [-0.25, -0.2) is 4.79 Å². The molecule has 0 radical (unpaired) electrons. The number of amides is 1. The van der Waals surface area contributed by atoms with Gasteiger partial charge in [0.2, 0.25) is 0 Å². The predicted molar refractivity (Wildman–Crippen MR) is 67.4 cm³/mol. The number of carbonyl (C=O) groups excluding carboxylic acids is 1. The van der Waals surface area contributed by atoms with Crippen LogP contribution in [0.1, 0.15) is 53.4 Å². The minimum Gasteiger partial charge on any atom is -0.481 e. The topological polar surface area (TPSA) is 75.6 Å². The zero-order chi connectivity index (χ0) is 14.0. The van der Waals surface area contributed by atoms with E-state index in [1.54, 1.807) is 27.7 Å². The Kier molecular flexibility index (Phi) is 4.24. The van der Waals surface area contributed by atoms with Crippen LogP contribution < -0.4 is 5.32 Å². The van der Waals surface area contributed by atoms with Crippen molar-refractivity contribution in [2.24, 2.45) is 5.41 Å². The Morgan fingerprint density at radius 3 is 2.44 bits per heavy atom. The van der Waals surface area contributed by atoms with Crippen molar-refractivity contribution in [1.82, 2.24) is 5.32 Å². The molecule has 2 atom stereocenters. The Hall–Kier alpha value is -1.26. The molecule has 1 rings (SSSR count). The Morgan fingerprint density at radius 1 is 1.33 bits per heavy atom. The van der Waals surface area contributed by atoms with Gasteiger partial charge in [-0.05, 0) is 40.5 Å². The maximum atomic E-state index is 11.7. The molecule has 0 aromatic carbocycles. The lowest BCUT2D eigenvalue weighted by molar-refractivity contribution is -0.151. The molecule has 0 unspecified atom stereocenters. The average Bonchev–Trinajstić information content (AvgIpc) is 2.18. The molecule has 5 heteroatoms. The van der Waals surface area contributed by atoms with Gasteiger partial charge >= 0.3 is 12.1 Å². The number of carboxylic acids is 1. The third kappa shape index (κ3) is 3.62. The normalized spacial score (nSPS) is 28.6. The number of alkyl carbamates (subject to hydrolysis) is 1. The molecule has 0 heterocycles. The number of ether oxygens (including phenoxy) is 1. The van der Waals surface area contributed by atoms with Gasteiger partial charge in [0.15, 0.2) is 0 Å². The molecule has 18 heavy (non-hydrogen) atoms. The van der Waals surface area contributed by atoms with Crippen molar-refractivity contribution in [3.8, 4) is 0 Å². The fraction of sp³-hybridized carbons (Fsp3) is 0.846. The van der Waals surface area contributed by atoms with Gasteiger partial charge in [0.25, 0.3) is 0 Å². The molecule has 5 nitrogen and oxygen atoms in total. The van der Waals surface area contributed by atoms with Crippen LogP contribution in [-0.4, -0.2) is 28.8 Å². The fourth-order valence-electron chi connectivity index (χ4n) is 2.27. The van der Waals surface area contributed by atoms with E-state index in [-0.39, 0.29) is 6.04 Å². The predicted octanol–water partition coefficient (Wildman–Crippen LogP) is 2.54. The van der Waals surface area contributed by atoms with Crippen LogP contribution in [0.2, 0.25) is 0 Å². The zero-order valence-electron chi connectivity index (χ0n) is 11.6. The van der Waals surface area contributed by atoms with Crippen LogP contribution in [0.3, 0.4) is 0 Å². The molecule has 0 saturated heterocycles. The molecule has 0 aromatic rings. The van der Waals surface area contributed by atoms with E-state index in [0.29, 0.717) is 12.8 Å². The van der Waals surface area contributed by atoms with Crippen LogP contribution in [0.25, 0.3) is 0 Å². The second-order valence-corrected chi connectivity index (χ2v) is 6.17. The summed E-state index contributed by atoms with van der Waals surface area (Å²) in [4.78, 5) is 23.1. The smallest absolute Gasteiger partial charge is 0.407 e. The van der Waals surface area contributed by atoms with E-state index in [1.807, 2.05) is 0 Å². The molecule has 0 bridgehead atoms. The van der Waals surface area contributed by atoms with Gasteiger partial charge in [-0.1, -0.05) is 12.8 Å². The Morgan fingerprint density at radius 2 is 1.94 bits per heavy atom. The minimum absolute atomic E-state index is 0.362. The van der Waals surface area contributed by atoms with Crippen LogP contribution >= 0.6 is 0 Å².